The number of benzene rings is 2. The Kier molecular flexibility index (Phi) is 6.22. The van der Waals surface area contributed by atoms with Gasteiger partial charge in [0.15, 0.2) is 5.00 Å². The molecule has 0 aliphatic carbocycles. The smallest absolute Gasteiger partial charge is 0.337 e. The molecule has 6 nitrogen and oxygen atoms in total. The van der Waals surface area contributed by atoms with Crippen molar-refractivity contribution < 1.29 is 14.7 Å². The highest BCUT2D eigenvalue weighted by Gasteiger charge is 2.35. The van der Waals surface area contributed by atoms with E-state index in [-0.39, 0.29) is 17.5 Å². The second kappa shape index (κ2) is 8.52. The van der Waals surface area contributed by atoms with Crippen molar-refractivity contribution in [1.82, 2.24) is 4.57 Å². The van der Waals surface area contributed by atoms with Crippen LogP contribution in [0.5, 0.6) is 0 Å². The molecular formula is C21H15Cl3N2O4. The molecule has 1 unspecified atom stereocenters. The minimum Gasteiger partial charge on any atom is -0.478 e. The molecule has 0 spiro atoms. The summed E-state index contributed by atoms with van der Waals surface area (Å²) in [6.45, 7) is 0. The van der Waals surface area contributed by atoms with E-state index in [9.17, 15) is 19.5 Å². The number of carboxylic acid groups (broad SMARTS) is 1. The van der Waals surface area contributed by atoms with Gasteiger partial charge in [-0.25, -0.2) is 4.79 Å². The van der Waals surface area contributed by atoms with Crippen LogP contribution < -0.4 is 11.3 Å². The number of halogens is 3. The topological polar surface area (TPSA) is 102 Å². The first-order chi connectivity index (χ1) is 14.1. The molecule has 3 rings (SSSR count). The summed E-state index contributed by atoms with van der Waals surface area (Å²) in [5, 5.41) is 10.0. The number of carbonyl (C=O) groups is 2. The second-order valence-corrected chi connectivity index (χ2v) is 7.95. The minimum absolute atomic E-state index is 0.0712. The fraction of sp³-hybridized carbons (Fsp3) is 0.0952. The highest BCUT2D eigenvalue weighted by Crippen LogP contribution is 2.38. The number of amides is 1. The molecule has 3 aromatic rings. The van der Waals surface area contributed by atoms with E-state index in [1.165, 1.54) is 18.2 Å². The molecule has 9 heteroatoms. The third-order valence-electron chi connectivity index (χ3n) is 4.60. The van der Waals surface area contributed by atoms with Gasteiger partial charge >= 0.3 is 5.97 Å². The van der Waals surface area contributed by atoms with Gasteiger partial charge in [-0.05, 0) is 41.5 Å². The maximum Gasteiger partial charge on any atom is 0.337 e. The molecule has 154 valence electrons. The number of hydrogen-bond acceptors (Lipinski definition) is 3. The van der Waals surface area contributed by atoms with E-state index in [1.807, 2.05) is 0 Å². The molecular weight excluding hydrogens is 451 g/mol. The Labute approximate surface area is 186 Å². The molecule has 0 bridgehead atoms. The van der Waals surface area contributed by atoms with Gasteiger partial charge in [0.1, 0.15) is 0 Å². The fourth-order valence-electron chi connectivity index (χ4n) is 3.06. The highest BCUT2D eigenvalue weighted by molar-refractivity contribution is 6.36. The van der Waals surface area contributed by atoms with E-state index >= 15 is 0 Å². The number of aromatic nitrogens is 1. The van der Waals surface area contributed by atoms with Crippen molar-refractivity contribution in [3.63, 3.8) is 0 Å². The summed E-state index contributed by atoms with van der Waals surface area (Å²) in [5.41, 5.74) is 5.65. The van der Waals surface area contributed by atoms with E-state index in [1.54, 1.807) is 30.3 Å². The van der Waals surface area contributed by atoms with E-state index < -0.39 is 22.4 Å². The zero-order valence-corrected chi connectivity index (χ0v) is 17.6. The first-order valence-electron chi connectivity index (χ1n) is 8.62. The van der Waals surface area contributed by atoms with Gasteiger partial charge in [-0.1, -0.05) is 53.0 Å². The summed E-state index contributed by atoms with van der Waals surface area (Å²) < 4.78 is 1.08. The van der Waals surface area contributed by atoms with Gasteiger partial charge in [0.05, 0.1) is 5.56 Å². The van der Waals surface area contributed by atoms with Crippen LogP contribution in [0, 0.1) is 0 Å². The molecule has 2 aromatic carbocycles. The fourth-order valence-corrected chi connectivity index (χ4v) is 3.98. The van der Waals surface area contributed by atoms with Crippen LogP contribution in [0.3, 0.4) is 0 Å². The third kappa shape index (κ3) is 4.21. The van der Waals surface area contributed by atoms with Crippen LogP contribution in [0.15, 0.2) is 65.6 Å². The number of pyridine rings is 1. The maximum absolute atomic E-state index is 12.7. The number of nitrogens with two attached hydrogens (primary N) is 1. The van der Waals surface area contributed by atoms with Crippen LogP contribution >= 0.6 is 34.8 Å². The molecule has 1 aromatic heterocycles. The summed E-state index contributed by atoms with van der Waals surface area (Å²) in [5.74, 6) is -1.91. The first-order valence-corrected chi connectivity index (χ1v) is 9.75. The van der Waals surface area contributed by atoms with E-state index in [0.717, 1.165) is 16.8 Å². The van der Waals surface area contributed by atoms with Crippen molar-refractivity contribution >= 4 is 46.7 Å². The normalized spacial score (nSPS) is 12.9. The lowest BCUT2D eigenvalue weighted by Gasteiger charge is -2.31. The Balaban J connectivity index is 2.31. The molecule has 30 heavy (non-hydrogen) atoms. The summed E-state index contributed by atoms with van der Waals surface area (Å²) >= 11 is 19.7. The molecule has 0 radical (unpaired) electrons. The Hall–Kier alpha value is -2.80. The zero-order chi connectivity index (χ0) is 22.1. The van der Waals surface area contributed by atoms with Gasteiger partial charge in [0, 0.05) is 34.3 Å². The van der Waals surface area contributed by atoms with Crippen molar-refractivity contribution in [2.45, 2.75) is 11.4 Å². The highest BCUT2D eigenvalue weighted by atomic mass is 35.5. The average molecular weight is 466 g/mol. The van der Waals surface area contributed by atoms with Gasteiger partial charge in [-0.2, -0.15) is 0 Å². The Morgan fingerprint density at radius 3 is 2.23 bits per heavy atom. The van der Waals surface area contributed by atoms with Crippen LogP contribution in [0.25, 0.3) is 0 Å². The van der Waals surface area contributed by atoms with Crippen molar-refractivity contribution in [2.75, 3.05) is 0 Å². The molecule has 1 atom stereocenters. The number of aromatic carboxylic acids is 1. The van der Waals surface area contributed by atoms with Gasteiger partial charge in [-0.15, -0.1) is 0 Å². The number of primary amides is 1. The van der Waals surface area contributed by atoms with Crippen LogP contribution in [0.2, 0.25) is 10.0 Å². The van der Waals surface area contributed by atoms with Gasteiger partial charge in [0.25, 0.3) is 5.56 Å². The predicted octanol–water partition coefficient (Wildman–Crippen LogP) is 4.13. The van der Waals surface area contributed by atoms with Gasteiger partial charge in [0.2, 0.25) is 5.91 Å². The molecule has 1 amide bonds. The Morgan fingerprint density at radius 2 is 1.63 bits per heavy atom. The van der Waals surface area contributed by atoms with Crippen molar-refractivity contribution in [3.8, 4) is 0 Å². The third-order valence-corrected chi connectivity index (χ3v) is 5.84. The number of nitrogens with zero attached hydrogens (tertiary/aromatic N) is 1. The van der Waals surface area contributed by atoms with Crippen molar-refractivity contribution in [1.29, 1.82) is 0 Å². The number of hydrogen-bond donors (Lipinski definition) is 2. The monoisotopic (exact) mass is 464 g/mol. The standard InChI is InChI=1S/C21H15Cl3N2O4/c22-16-5-2-6-17(23)15(16)10-21(24,14-4-1-3-12(9-14)19(25)28)26-11-13(20(29)30)7-8-18(26)27/h1-9,11H,10H2,(H2,25,28)(H,29,30). The summed E-state index contributed by atoms with van der Waals surface area (Å²) in [7, 11) is 0. The van der Waals surface area contributed by atoms with Gasteiger partial charge in [-0.3, -0.25) is 14.2 Å². The number of carbonyl (C=O) groups excluding carboxylic acids is 1. The van der Waals surface area contributed by atoms with E-state index in [2.05, 4.69) is 0 Å². The van der Waals surface area contributed by atoms with Crippen LogP contribution in [0.1, 0.15) is 31.8 Å². The number of alkyl halides is 1. The molecule has 1 heterocycles. The van der Waals surface area contributed by atoms with Crippen LogP contribution in [0.4, 0.5) is 0 Å². The quantitative estimate of drug-likeness (QED) is 0.534. The molecule has 3 N–H and O–H groups in total. The summed E-state index contributed by atoms with van der Waals surface area (Å²) in [4.78, 5) is 34.2. The largest absolute Gasteiger partial charge is 0.478 e. The SMILES string of the molecule is NC(=O)c1cccc(C(Cl)(Cc2c(Cl)cccc2Cl)n2cc(C(=O)O)ccc2=O)c1. The van der Waals surface area contributed by atoms with Gasteiger partial charge < -0.3 is 10.8 Å². The second-order valence-electron chi connectivity index (χ2n) is 6.51. The van der Waals surface area contributed by atoms with Crippen molar-refractivity contribution in [3.05, 3.63) is 103 Å². The average Bonchev–Trinajstić information content (AvgIpc) is 2.71. The zero-order valence-electron chi connectivity index (χ0n) is 15.3. The summed E-state index contributed by atoms with van der Waals surface area (Å²) in [6, 6.07) is 13.3. The molecule has 0 aliphatic rings. The number of rotatable bonds is 6. The Morgan fingerprint density at radius 1 is 1.00 bits per heavy atom. The molecule has 0 saturated heterocycles. The maximum atomic E-state index is 12.7. The lowest BCUT2D eigenvalue weighted by atomic mass is 9.95. The lowest BCUT2D eigenvalue weighted by molar-refractivity contribution is 0.0695. The molecule has 0 aliphatic heterocycles. The Bertz CT molecular complexity index is 1190. The molecule has 0 fully saturated rings. The molecule has 0 saturated carbocycles. The lowest BCUT2D eigenvalue weighted by Crippen LogP contribution is -2.39. The minimum atomic E-state index is -1.65. The van der Waals surface area contributed by atoms with E-state index in [0.29, 0.717) is 21.2 Å². The van der Waals surface area contributed by atoms with E-state index in [4.69, 9.17) is 40.5 Å². The van der Waals surface area contributed by atoms with Crippen LogP contribution in [-0.4, -0.2) is 21.6 Å². The van der Waals surface area contributed by atoms with Crippen LogP contribution in [-0.2, 0) is 11.4 Å². The number of carboxylic acids is 1. The first kappa shape index (κ1) is 21.9. The predicted molar refractivity (Wildman–Crippen MR) is 116 cm³/mol. The van der Waals surface area contributed by atoms with Crippen molar-refractivity contribution in [2.24, 2.45) is 5.73 Å². The summed E-state index contributed by atoms with van der Waals surface area (Å²) in [6.07, 6.45) is 1.07.